The second-order valence-corrected chi connectivity index (χ2v) is 7.80. The van der Waals surface area contributed by atoms with Crippen LogP contribution in [-0.4, -0.2) is 22.5 Å². The average molecular weight is 445 g/mol. The Morgan fingerprint density at radius 1 is 1.06 bits per heavy atom. The van der Waals surface area contributed by atoms with Gasteiger partial charge in [-0.2, -0.15) is 0 Å². The summed E-state index contributed by atoms with van der Waals surface area (Å²) in [5, 5.41) is 10.2. The Morgan fingerprint density at radius 3 is 2.61 bits per heavy atom. The SMILES string of the molecule is CCOc1cc(C2c3c(oc4ccc(F)cc4c3=O)C(=O)N2Cc2ccccc2)ccc1O. The first-order chi connectivity index (χ1) is 16.0. The van der Waals surface area contributed by atoms with E-state index in [2.05, 4.69) is 0 Å². The van der Waals surface area contributed by atoms with E-state index in [4.69, 9.17) is 9.15 Å². The van der Waals surface area contributed by atoms with Crippen LogP contribution in [0.4, 0.5) is 4.39 Å². The number of hydrogen-bond donors (Lipinski definition) is 1. The predicted molar refractivity (Wildman–Crippen MR) is 120 cm³/mol. The number of aromatic hydroxyl groups is 1. The number of ether oxygens (including phenoxy) is 1. The van der Waals surface area contributed by atoms with E-state index in [0.717, 1.165) is 11.6 Å². The molecule has 5 rings (SSSR count). The van der Waals surface area contributed by atoms with Crippen molar-refractivity contribution in [1.82, 2.24) is 4.90 Å². The fraction of sp³-hybridized carbons (Fsp3) is 0.154. The van der Waals surface area contributed by atoms with Gasteiger partial charge in [-0.25, -0.2) is 4.39 Å². The number of amides is 1. The maximum Gasteiger partial charge on any atom is 0.291 e. The van der Waals surface area contributed by atoms with Gasteiger partial charge in [-0.05, 0) is 48.4 Å². The van der Waals surface area contributed by atoms with Crippen molar-refractivity contribution in [3.05, 3.63) is 105 Å². The summed E-state index contributed by atoms with van der Waals surface area (Å²) >= 11 is 0. The Kier molecular flexibility index (Phi) is 5.09. The molecule has 4 aromatic rings. The summed E-state index contributed by atoms with van der Waals surface area (Å²) in [7, 11) is 0. The quantitative estimate of drug-likeness (QED) is 0.478. The van der Waals surface area contributed by atoms with Crippen LogP contribution in [0.25, 0.3) is 11.0 Å². The molecule has 1 atom stereocenters. The highest BCUT2D eigenvalue weighted by Crippen LogP contribution is 2.41. The van der Waals surface area contributed by atoms with Crippen molar-refractivity contribution in [1.29, 1.82) is 0 Å². The number of nitrogens with zero attached hydrogens (tertiary/aromatic N) is 1. The summed E-state index contributed by atoms with van der Waals surface area (Å²) in [5.74, 6) is -0.876. The molecule has 3 aromatic carbocycles. The fourth-order valence-electron chi connectivity index (χ4n) is 4.25. The van der Waals surface area contributed by atoms with E-state index >= 15 is 0 Å². The van der Waals surface area contributed by atoms with Gasteiger partial charge < -0.3 is 19.2 Å². The molecule has 0 saturated carbocycles. The Hall–Kier alpha value is -4.13. The highest BCUT2D eigenvalue weighted by Gasteiger charge is 2.43. The van der Waals surface area contributed by atoms with Crippen molar-refractivity contribution in [2.75, 3.05) is 6.61 Å². The lowest BCUT2D eigenvalue weighted by molar-refractivity contribution is 0.0714. The molecule has 1 N–H and O–H groups in total. The second kappa shape index (κ2) is 8.09. The number of phenols is 1. The maximum absolute atomic E-state index is 13.9. The highest BCUT2D eigenvalue weighted by molar-refractivity contribution is 5.99. The van der Waals surface area contributed by atoms with Crippen LogP contribution >= 0.6 is 0 Å². The molecule has 1 aromatic heterocycles. The fourth-order valence-corrected chi connectivity index (χ4v) is 4.25. The summed E-state index contributed by atoms with van der Waals surface area (Å²) in [6, 6.07) is 17.0. The van der Waals surface area contributed by atoms with Gasteiger partial charge in [-0.15, -0.1) is 0 Å². The zero-order valence-electron chi connectivity index (χ0n) is 17.7. The third kappa shape index (κ3) is 3.51. The van der Waals surface area contributed by atoms with E-state index in [0.29, 0.717) is 12.2 Å². The smallest absolute Gasteiger partial charge is 0.291 e. The summed E-state index contributed by atoms with van der Waals surface area (Å²) in [6.07, 6.45) is 0. The first-order valence-electron chi connectivity index (χ1n) is 10.5. The van der Waals surface area contributed by atoms with Gasteiger partial charge in [-0.3, -0.25) is 9.59 Å². The summed E-state index contributed by atoms with van der Waals surface area (Å²) < 4.78 is 25.3. The Labute approximate surface area is 188 Å². The van der Waals surface area contributed by atoms with Crippen LogP contribution in [0.5, 0.6) is 11.5 Å². The van der Waals surface area contributed by atoms with Crippen LogP contribution in [0.2, 0.25) is 0 Å². The number of carbonyl (C=O) groups excluding carboxylic acids is 1. The Morgan fingerprint density at radius 2 is 1.85 bits per heavy atom. The van der Waals surface area contributed by atoms with Crippen molar-refractivity contribution in [2.24, 2.45) is 0 Å². The van der Waals surface area contributed by atoms with Crippen molar-refractivity contribution < 1.29 is 23.4 Å². The van der Waals surface area contributed by atoms with E-state index < -0.39 is 23.2 Å². The molecule has 1 amide bonds. The molecule has 0 radical (unpaired) electrons. The van der Waals surface area contributed by atoms with Crippen molar-refractivity contribution in [3.63, 3.8) is 0 Å². The van der Waals surface area contributed by atoms with Crippen LogP contribution in [-0.2, 0) is 6.54 Å². The van der Waals surface area contributed by atoms with Crippen LogP contribution in [0.15, 0.2) is 75.9 Å². The van der Waals surface area contributed by atoms with Gasteiger partial charge in [0.25, 0.3) is 5.91 Å². The van der Waals surface area contributed by atoms with Crippen LogP contribution in [0, 0.1) is 5.82 Å². The van der Waals surface area contributed by atoms with Crippen molar-refractivity contribution >= 4 is 16.9 Å². The van der Waals surface area contributed by atoms with Gasteiger partial charge in [0.2, 0.25) is 5.76 Å². The van der Waals surface area contributed by atoms with Gasteiger partial charge >= 0.3 is 0 Å². The zero-order valence-corrected chi connectivity index (χ0v) is 17.7. The van der Waals surface area contributed by atoms with E-state index in [1.54, 1.807) is 24.0 Å². The first kappa shape index (κ1) is 20.8. The van der Waals surface area contributed by atoms with Crippen molar-refractivity contribution in [2.45, 2.75) is 19.5 Å². The molecule has 33 heavy (non-hydrogen) atoms. The number of fused-ring (bicyclic) bond motifs is 2. The van der Waals surface area contributed by atoms with Crippen LogP contribution in [0.3, 0.4) is 0 Å². The molecule has 6 nitrogen and oxygen atoms in total. The van der Waals surface area contributed by atoms with Gasteiger partial charge in [-0.1, -0.05) is 36.4 Å². The zero-order chi connectivity index (χ0) is 23.1. The van der Waals surface area contributed by atoms with Gasteiger partial charge in [0.05, 0.1) is 23.6 Å². The Balaban J connectivity index is 1.74. The summed E-state index contributed by atoms with van der Waals surface area (Å²) in [6.45, 7) is 2.35. The number of hydrogen-bond acceptors (Lipinski definition) is 5. The molecule has 0 spiro atoms. The van der Waals surface area contributed by atoms with E-state index in [9.17, 15) is 19.1 Å². The third-order valence-electron chi connectivity index (χ3n) is 5.72. The molecular weight excluding hydrogens is 425 g/mol. The molecular formula is C26H20FNO5. The minimum absolute atomic E-state index is 0.0487. The molecule has 0 bridgehead atoms. The monoisotopic (exact) mass is 445 g/mol. The second-order valence-electron chi connectivity index (χ2n) is 7.80. The number of phenolic OH excluding ortho intramolecular Hbond substituents is 1. The Bertz CT molecular complexity index is 1430. The average Bonchev–Trinajstić information content (AvgIpc) is 3.08. The molecule has 0 saturated heterocycles. The lowest BCUT2D eigenvalue weighted by Crippen LogP contribution is -2.29. The largest absolute Gasteiger partial charge is 0.504 e. The van der Waals surface area contributed by atoms with Crippen LogP contribution < -0.4 is 10.2 Å². The third-order valence-corrected chi connectivity index (χ3v) is 5.72. The van der Waals surface area contributed by atoms with Crippen molar-refractivity contribution in [3.8, 4) is 11.5 Å². The standard InChI is InChI=1S/C26H20FNO5/c1-2-32-21-12-16(8-10-19(21)29)23-22-24(30)18-13-17(27)9-11-20(18)33-25(22)26(31)28(23)14-15-6-4-3-5-7-15/h3-13,23,29H,2,14H2,1H3. The molecule has 0 aliphatic carbocycles. The first-order valence-corrected chi connectivity index (χ1v) is 10.5. The number of carbonyl (C=O) groups is 1. The molecule has 1 aliphatic rings. The summed E-state index contributed by atoms with van der Waals surface area (Å²) in [5.41, 5.74) is 1.26. The number of rotatable bonds is 5. The van der Waals surface area contributed by atoms with Gasteiger partial charge in [0.15, 0.2) is 16.9 Å². The lowest BCUT2D eigenvalue weighted by atomic mass is 9.97. The minimum Gasteiger partial charge on any atom is -0.504 e. The topological polar surface area (TPSA) is 80.0 Å². The van der Waals surface area contributed by atoms with E-state index in [1.165, 1.54) is 18.2 Å². The van der Waals surface area contributed by atoms with E-state index in [1.807, 2.05) is 30.3 Å². The minimum atomic E-state index is -0.795. The lowest BCUT2D eigenvalue weighted by Gasteiger charge is -2.25. The maximum atomic E-state index is 13.9. The molecule has 1 aliphatic heterocycles. The number of benzene rings is 3. The molecule has 7 heteroatoms. The van der Waals surface area contributed by atoms with Gasteiger partial charge in [0, 0.05) is 6.54 Å². The van der Waals surface area contributed by atoms with Crippen LogP contribution in [0.1, 0.15) is 40.2 Å². The molecule has 0 fully saturated rings. The predicted octanol–water partition coefficient (Wildman–Crippen LogP) is 4.78. The highest BCUT2D eigenvalue weighted by atomic mass is 19.1. The van der Waals surface area contributed by atoms with Gasteiger partial charge in [0.1, 0.15) is 11.4 Å². The molecule has 166 valence electrons. The molecule has 2 heterocycles. The summed E-state index contributed by atoms with van der Waals surface area (Å²) in [4.78, 5) is 28.5. The number of halogens is 1. The normalized spacial score (nSPS) is 15.2. The van der Waals surface area contributed by atoms with E-state index in [-0.39, 0.29) is 40.3 Å². The molecule has 1 unspecified atom stereocenters.